The van der Waals surface area contributed by atoms with Gasteiger partial charge in [0.1, 0.15) is 0 Å². The van der Waals surface area contributed by atoms with Crippen molar-refractivity contribution in [2.24, 2.45) is 0 Å². The second-order valence-corrected chi connectivity index (χ2v) is 9.64. The number of hydrogen-bond acceptors (Lipinski definition) is 8. The van der Waals surface area contributed by atoms with Gasteiger partial charge in [0.05, 0.1) is 22.7 Å². The van der Waals surface area contributed by atoms with Crippen LogP contribution in [-0.4, -0.2) is 47.9 Å². The summed E-state index contributed by atoms with van der Waals surface area (Å²) in [5.74, 6) is -0.729. The van der Waals surface area contributed by atoms with Gasteiger partial charge in [-0.1, -0.05) is 23.4 Å². The van der Waals surface area contributed by atoms with Crippen molar-refractivity contribution in [3.63, 3.8) is 0 Å². The highest BCUT2D eigenvalue weighted by atomic mass is 127. The second-order valence-electron chi connectivity index (χ2n) is 6.36. The lowest BCUT2D eigenvalue weighted by molar-refractivity contribution is -0.143. The minimum atomic E-state index is -0.527. The zero-order chi connectivity index (χ0) is 24.1. The first kappa shape index (κ1) is 25.3. The Morgan fingerprint density at radius 1 is 1.24 bits per heavy atom. The molecule has 12 heteroatoms. The largest absolute Gasteiger partial charge is 0.493 e. The van der Waals surface area contributed by atoms with Gasteiger partial charge in [0.2, 0.25) is 0 Å². The van der Waals surface area contributed by atoms with Crippen molar-refractivity contribution in [2.45, 2.75) is 0 Å². The molecule has 1 aliphatic rings. The van der Waals surface area contributed by atoms with E-state index in [-0.39, 0.29) is 10.9 Å². The van der Waals surface area contributed by atoms with Crippen LogP contribution in [0.4, 0.5) is 0 Å². The summed E-state index contributed by atoms with van der Waals surface area (Å²) in [5, 5.41) is 1.52. The van der Waals surface area contributed by atoms with Crippen molar-refractivity contribution in [2.75, 3.05) is 20.8 Å². The number of ether oxygens (including phenoxy) is 3. The fraction of sp³-hybridized carbons (Fsp3) is 0.143. The molecule has 0 atom stereocenters. The van der Waals surface area contributed by atoms with Crippen molar-refractivity contribution in [1.82, 2.24) is 10.4 Å². The summed E-state index contributed by atoms with van der Waals surface area (Å²) in [7, 11) is 2.73. The number of amides is 2. The Morgan fingerprint density at radius 2 is 1.94 bits per heavy atom. The van der Waals surface area contributed by atoms with Crippen molar-refractivity contribution >= 4 is 86.4 Å². The van der Waals surface area contributed by atoms with Gasteiger partial charge in [0, 0.05) is 10.6 Å². The first-order valence-electron chi connectivity index (χ1n) is 9.15. The number of rotatable bonds is 7. The highest BCUT2D eigenvalue weighted by molar-refractivity contribution is 14.1. The standard InChI is InChI=1S/C21H16ClIN2O6S2/c1-29-15-8-11(7-14(23)18(15)31-10-17(26)30-2)9-16-20(28)25(21(32)33-16)24-19(27)12-3-5-13(22)6-4-12/h3-9H,10H2,1-2H3,(H,24,27)/b16-9-. The molecule has 2 aromatic rings. The van der Waals surface area contributed by atoms with Crippen LogP contribution in [0.25, 0.3) is 6.08 Å². The van der Waals surface area contributed by atoms with E-state index >= 15 is 0 Å². The second kappa shape index (κ2) is 11.2. The maximum absolute atomic E-state index is 12.9. The van der Waals surface area contributed by atoms with Crippen molar-refractivity contribution in [3.05, 3.63) is 61.0 Å². The number of nitrogens with one attached hydrogen (secondary N) is 1. The molecular formula is C21H16ClIN2O6S2. The summed E-state index contributed by atoms with van der Waals surface area (Å²) >= 11 is 14.2. The van der Waals surface area contributed by atoms with Gasteiger partial charge in [0.25, 0.3) is 11.8 Å². The Balaban J connectivity index is 1.79. The van der Waals surface area contributed by atoms with Crippen LogP contribution in [0, 0.1) is 3.57 Å². The average Bonchev–Trinajstić information content (AvgIpc) is 3.05. The number of methoxy groups -OCH3 is 2. The van der Waals surface area contributed by atoms with Crippen LogP contribution in [0.1, 0.15) is 15.9 Å². The van der Waals surface area contributed by atoms with Crippen molar-refractivity contribution in [1.29, 1.82) is 0 Å². The third-order valence-corrected chi connectivity index (χ3v) is 6.58. The Hall–Kier alpha value is -2.35. The lowest BCUT2D eigenvalue weighted by atomic mass is 10.2. The molecule has 0 aromatic heterocycles. The zero-order valence-electron chi connectivity index (χ0n) is 17.2. The molecule has 8 nitrogen and oxygen atoms in total. The van der Waals surface area contributed by atoms with Crippen molar-refractivity contribution in [3.8, 4) is 11.5 Å². The van der Waals surface area contributed by atoms with Crippen LogP contribution in [0.15, 0.2) is 41.3 Å². The van der Waals surface area contributed by atoms with E-state index in [1.807, 2.05) is 22.6 Å². The van der Waals surface area contributed by atoms with Gasteiger partial charge in [-0.25, -0.2) is 4.79 Å². The molecule has 1 fully saturated rings. The Bertz CT molecular complexity index is 1160. The smallest absolute Gasteiger partial charge is 0.343 e. The molecule has 0 bridgehead atoms. The van der Waals surface area contributed by atoms with E-state index in [1.54, 1.807) is 42.5 Å². The highest BCUT2D eigenvalue weighted by Gasteiger charge is 2.34. The number of carbonyl (C=O) groups is 3. The summed E-state index contributed by atoms with van der Waals surface area (Å²) in [5.41, 5.74) is 3.49. The van der Waals surface area contributed by atoms with E-state index in [0.717, 1.165) is 16.8 Å². The molecule has 1 N–H and O–H groups in total. The van der Waals surface area contributed by atoms with Gasteiger partial charge < -0.3 is 14.2 Å². The lowest BCUT2D eigenvalue weighted by Gasteiger charge is -2.15. The van der Waals surface area contributed by atoms with Gasteiger partial charge in [-0.15, -0.1) is 0 Å². The summed E-state index contributed by atoms with van der Waals surface area (Å²) in [4.78, 5) is 37.0. The molecule has 0 aliphatic carbocycles. The molecule has 0 spiro atoms. The molecule has 0 saturated carbocycles. The van der Waals surface area contributed by atoms with Gasteiger partial charge in [-0.2, -0.15) is 5.01 Å². The van der Waals surface area contributed by atoms with Crippen LogP contribution >= 0.6 is 58.2 Å². The van der Waals surface area contributed by atoms with E-state index in [1.165, 1.54) is 14.2 Å². The van der Waals surface area contributed by atoms with Gasteiger partial charge in [-0.3, -0.25) is 15.0 Å². The minimum Gasteiger partial charge on any atom is -0.493 e. The maximum atomic E-state index is 12.9. The molecular weight excluding hydrogens is 603 g/mol. The number of nitrogens with zero attached hydrogens (tertiary/aromatic N) is 1. The molecule has 1 heterocycles. The Kier molecular flexibility index (Phi) is 8.57. The van der Waals surface area contributed by atoms with E-state index in [2.05, 4.69) is 10.2 Å². The number of thioether (sulfide) groups is 1. The van der Waals surface area contributed by atoms with Crippen molar-refractivity contribution < 1.29 is 28.6 Å². The SMILES string of the molecule is COC(=O)COc1c(I)cc(/C=C2\SC(=S)N(NC(=O)c3ccc(Cl)cc3)C2=O)cc1OC. The fourth-order valence-electron chi connectivity index (χ4n) is 2.64. The quantitative estimate of drug-likeness (QED) is 0.215. The topological polar surface area (TPSA) is 94.2 Å². The summed E-state index contributed by atoms with van der Waals surface area (Å²) in [6, 6.07) is 9.66. The van der Waals surface area contributed by atoms with E-state index in [0.29, 0.717) is 36.1 Å². The van der Waals surface area contributed by atoms with Crippen LogP contribution in [0.2, 0.25) is 5.02 Å². The monoisotopic (exact) mass is 618 g/mol. The normalized spacial score (nSPS) is 14.4. The molecule has 3 rings (SSSR count). The number of carbonyl (C=O) groups excluding carboxylic acids is 3. The first-order valence-corrected chi connectivity index (χ1v) is 11.8. The third kappa shape index (κ3) is 6.16. The molecule has 172 valence electrons. The molecule has 0 radical (unpaired) electrons. The molecule has 2 amide bonds. The zero-order valence-corrected chi connectivity index (χ0v) is 21.8. The van der Waals surface area contributed by atoms with Gasteiger partial charge in [0.15, 0.2) is 22.4 Å². The molecule has 33 heavy (non-hydrogen) atoms. The molecule has 0 unspecified atom stereocenters. The highest BCUT2D eigenvalue weighted by Crippen LogP contribution is 2.37. The van der Waals surface area contributed by atoms with Crippen LogP contribution in [0.5, 0.6) is 11.5 Å². The number of hydrazine groups is 1. The Labute approximate surface area is 217 Å². The fourth-order valence-corrected chi connectivity index (χ4v) is 4.72. The van der Waals surface area contributed by atoms with E-state index in [9.17, 15) is 14.4 Å². The molecule has 1 saturated heterocycles. The predicted octanol–water partition coefficient (Wildman–Crippen LogP) is 4.05. The number of benzene rings is 2. The number of esters is 1. The van der Waals surface area contributed by atoms with E-state index in [4.69, 9.17) is 33.3 Å². The van der Waals surface area contributed by atoms with Crippen LogP contribution < -0.4 is 14.9 Å². The van der Waals surface area contributed by atoms with Crippen LogP contribution in [-0.2, 0) is 14.3 Å². The minimum absolute atomic E-state index is 0.188. The van der Waals surface area contributed by atoms with E-state index < -0.39 is 17.8 Å². The predicted molar refractivity (Wildman–Crippen MR) is 137 cm³/mol. The van der Waals surface area contributed by atoms with Gasteiger partial charge in [-0.05, 0) is 82.8 Å². The summed E-state index contributed by atoms with van der Waals surface area (Å²) < 4.78 is 16.3. The first-order chi connectivity index (χ1) is 15.7. The average molecular weight is 619 g/mol. The summed E-state index contributed by atoms with van der Waals surface area (Å²) in [6.07, 6.45) is 1.63. The summed E-state index contributed by atoms with van der Waals surface area (Å²) in [6.45, 7) is -0.270. The number of halogens is 2. The maximum Gasteiger partial charge on any atom is 0.343 e. The third-order valence-electron chi connectivity index (χ3n) is 4.23. The Morgan fingerprint density at radius 3 is 2.58 bits per heavy atom. The number of hydrogen-bond donors (Lipinski definition) is 1. The lowest BCUT2D eigenvalue weighted by Crippen LogP contribution is -2.44. The van der Waals surface area contributed by atoms with Crippen LogP contribution in [0.3, 0.4) is 0 Å². The molecule has 2 aromatic carbocycles. The van der Waals surface area contributed by atoms with Gasteiger partial charge >= 0.3 is 5.97 Å². The number of thiocarbonyl (C=S) groups is 1. The molecule has 1 aliphatic heterocycles.